The highest BCUT2D eigenvalue weighted by atomic mass is 19.4. The van der Waals surface area contributed by atoms with E-state index in [0.717, 1.165) is 4.57 Å². The van der Waals surface area contributed by atoms with Crippen LogP contribution < -0.4 is 5.73 Å². The van der Waals surface area contributed by atoms with Crippen molar-refractivity contribution in [3.8, 4) is 11.4 Å². The number of halogens is 3. The molecule has 7 heteroatoms. The molecule has 0 radical (unpaired) electrons. The second-order valence-corrected chi connectivity index (χ2v) is 4.63. The standard InChI is InChI=1S/C14H11F3N4/c15-14(16,17)8-21-12-4-2-1-3-11(12)20-13(21)9-5-10(18)7-19-6-9/h1-7H,8,18H2. The van der Waals surface area contributed by atoms with Crippen LogP contribution in [0.1, 0.15) is 0 Å². The van der Waals surface area contributed by atoms with Crippen LogP contribution in [-0.4, -0.2) is 20.7 Å². The molecule has 0 saturated heterocycles. The highest BCUT2D eigenvalue weighted by Gasteiger charge is 2.30. The van der Waals surface area contributed by atoms with Crippen LogP contribution in [0.4, 0.5) is 18.9 Å². The zero-order valence-corrected chi connectivity index (χ0v) is 10.8. The van der Waals surface area contributed by atoms with Crippen molar-refractivity contribution in [2.75, 3.05) is 5.73 Å². The maximum Gasteiger partial charge on any atom is 0.406 e. The number of imidazole rings is 1. The summed E-state index contributed by atoms with van der Waals surface area (Å²) in [5.74, 6) is 0.202. The molecule has 0 saturated carbocycles. The molecular formula is C14H11F3N4. The van der Waals surface area contributed by atoms with Crippen molar-refractivity contribution in [1.82, 2.24) is 14.5 Å². The van der Waals surface area contributed by atoms with Gasteiger partial charge in [0.2, 0.25) is 0 Å². The fourth-order valence-corrected chi connectivity index (χ4v) is 2.22. The fourth-order valence-electron chi connectivity index (χ4n) is 2.22. The van der Waals surface area contributed by atoms with E-state index in [1.807, 2.05) is 0 Å². The molecule has 0 unspecified atom stereocenters. The first-order chi connectivity index (χ1) is 9.94. The average molecular weight is 292 g/mol. The van der Waals surface area contributed by atoms with Crippen molar-refractivity contribution < 1.29 is 13.2 Å². The molecule has 0 atom stereocenters. The number of nitrogen functional groups attached to an aromatic ring is 1. The first-order valence-corrected chi connectivity index (χ1v) is 6.17. The van der Waals surface area contributed by atoms with Gasteiger partial charge in [0.25, 0.3) is 0 Å². The average Bonchev–Trinajstić information content (AvgIpc) is 2.76. The van der Waals surface area contributed by atoms with Crippen LogP contribution in [0, 0.1) is 0 Å². The first kappa shape index (κ1) is 13.4. The van der Waals surface area contributed by atoms with E-state index in [2.05, 4.69) is 9.97 Å². The number of alkyl halides is 3. The smallest absolute Gasteiger partial charge is 0.397 e. The predicted molar refractivity (Wildman–Crippen MR) is 73.4 cm³/mol. The molecule has 4 nitrogen and oxygen atoms in total. The van der Waals surface area contributed by atoms with Crippen molar-refractivity contribution >= 4 is 16.7 Å². The fraction of sp³-hybridized carbons (Fsp3) is 0.143. The lowest BCUT2D eigenvalue weighted by molar-refractivity contribution is -0.139. The summed E-state index contributed by atoms with van der Waals surface area (Å²) in [5.41, 5.74) is 7.40. The normalized spacial score (nSPS) is 12.0. The van der Waals surface area contributed by atoms with Gasteiger partial charge in [0.1, 0.15) is 12.4 Å². The summed E-state index contributed by atoms with van der Waals surface area (Å²) in [4.78, 5) is 8.18. The molecule has 2 N–H and O–H groups in total. The van der Waals surface area contributed by atoms with Crippen LogP contribution in [0.5, 0.6) is 0 Å². The SMILES string of the molecule is Nc1cncc(-c2nc3ccccc3n2CC(F)(F)F)c1. The highest BCUT2D eigenvalue weighted by molar-refractivity contribution is 5.80. The maximum absolute atomic E-state index is 12.8. The zero-order chi connectivity index (χ0) is 15.0. The number of fused-ring (bicyclic) bond motifs is 1. The Morgan fingerprint density at radius 2 is 1.90 bits per heavy atom. The molecule has 21 heavy (non-hydrogen) atoms. The van der Waals surface area contributed by atoms with Crippen LogP contribution in [0.15, 0.2) is 42.7 Å². The molecule has 0 spiro atoms. The Balaban J connectivity index is 2.24. The van der Waals surface area contributed by atoms with E-state index in [1.165, 1.54) is 12.4 Å². The summed E-state index contributed by atoms with van der Waals surface area (Å²) in [6.07, 6.45) is -1.46. The summed E-state index contributed by atoms with van der Waals surface area (Å²) in [7, 11) is 0. The summed E-state index contributed by atoms with van der Waals surface area (Å²) in [6.45, 7) is -1.11. The van der Waals surface area contributed by atoms with Crippen LogP contribution in [0.3, 0.4) is 0 Å². The van der Waals surface area contributed by atoms with E-state index in [-0.39, 0.29) is 5.82 Å². The monoisotopic (exact) mass is 292 g/mol. The number of para-hydroxylation sites is 2. The van der Waals surface area contributed by atoms with Crippen LogP contribution >= 0.6 is 0 Å². The third-order valence-electron chi connectivity index (χ3n) is 3.01. The number of aromatic nitrogens is 3. The predicted octanol–water partition coefficient (Wildman–Crippen LogP) is 3.24. The Labute approximate surface area is 118 Å². The first-order valence-electron chi connectivity index (χ1n) is 6.17. The molecule has 0 fully saturated rings. The molecule has 3 rings (SSSR count). The minimum atomic E-state index is -4.34. The minimum absolute atomic E-state index is 0.202. The zero-order valence-electron chi connectivity index (χ0n) is 10.8. The quantitative estimate of drug-likeness (QED) is 0.789. The van der Waals surface area contributed by atoms with Crippen LogP contribution in [0.2, 0.25) is 0 Å². The molecule has 0 amide bonds. The van der Waals surface area contributed by atoms with Gasteiger partial charge >= 0.3 is 6.18 Å². The maximum atomic E-state index is 12.8. The van der Waals surface area contributed by atoms with E-state index in [4.69, 9.17) is 5.73 Å². The van der Waals surface area contributed by atoms with Gasteiger partial charge in [-0.3, -0.25) is 4.98 Å². The minimum Gasteiger partial charge on any atom is -0.397 e. The molecule has 108 valence electrons. The number of hydrogen-bond donors (Lipinski definition) is 1. The Hall–Kier alpha value is -2.57. The van der Waals surface area contributed by atoms with Gasteiger partial charge in [-0.15, -0.1) is 0 Å². The molecular weight excluding hydrogens is 281 g/mol. The third kappa shape index (κ3) is 2.67. The molecule has 3 aromatic rings. The summed E-state index contributed by atoms with van der Waals surface area (Å²) >= 11 is 0. The summed E-state index contributed by atoms with van der Waals surface area (Å²) in [6, 6.07) is 8.25. The second-order valence-electron chi connectivity index (χ2n) is 4.63. The number of nitrogens with two attached hydrogens (primary N) is 1. The van der Waals surface area contributed by atoms with E-state index in [0.29, 0.717) is 22.3 Å². The van der Waals surface area contributed by atoms with E-state index in [9.17, 15) is 13.2 Å². The second kappa shape index (κ2) is 4.76. The molecule has 0 aliphatic heterocycles. The Kier molecular flexibility index (Phi) is 3.04. The topological polar surface area (TPSA) is 56.7 Å². The lowest BCUT2D eigenvalue weighted by atomic mass is 10.2. The number of hydrogen-bond acceptors (Lipinski definition) is 3. The van der Waals surface area contributed by atoms with Gasteiger partial charge in [-0.25, -0.2) is 4.98 Å². The van der Waals surface area contributed by atoms with Crippen molar-refractivity contribution in [2.45, 2.75) is 12.7 Å². The molecule has 0 aliphatic rings. The van der Waals surface area contributed by atoms with Crippen molar-refractivity contribution in [3.63, 3.8) is 0 Å². The molecule has 0 aliphatic carbocycles. The van der Waals surface area contributed by atoms with Gasteiger partial charge < -0.3 is 10.3 Å². The lowest BCUT2D eigenvalue weighted by Gasteiger charge is -2.12. The molecule has 1 aromatic carbocycles. The van der Waals surface area contributed by atoms with Crippen molar-refractivity contribution in [3.05, 3.63) is 42.7 Å². The highest BCUT2D eigenvalue weighted by Crippen LogP contribution is 2.29. The van der Waals surface area contributed by atoms with Gasteiger partial charge in [-0.1, -0.05) is 12.1 Å². The van der Waals surface area contributed by atoms with E-state index in [1.54, 1.807) is 30.3 Å². The Morgan fingerprint density at radius 1 is 1.14 bits per heavy atom. The van der Waals surface area contributed by atoms with Gasteiger partial charge in [-0.2, -0.15) is 13.2 Å². The van der Waals surface area contributed by atoms with E-state index >= 15 is 0 Å². The number of benzene rings is 1. The summed E-state index contributed by atoms with van der Waals surface area (Å²) in [5, 5.41) is 0. The number of pyridine rings is 1. The molecule has 2 aromatic heterocycles. The number of nitrogens with zero attached hydrogens (tertiary/aromatic N) is 3. The van der Waals surface area contributed by atoms with Gasteiger partial charge in [0, 0.05) is 18.0 Å². The number of anilines is 1. The van der Waals surface area contributed by atoms with Gasteiger partial charge in [0.15, 0.2) is 0 Å². The summed E-state index contributed by atoms with van der Waals surface area (Å²) < 4.78 is 39.6. The van der Waals surface area contributed by atoms with Gasteiger partial charge in [0.05, 0.1) is 16.7 Å². The Morgan fingerprint density at radius 3 is 2.62 bits per heavy atom. The van der Waals surface area contributed by atoms with Crippen LogP contribution in [-0.2, 0) is 6.54 Å². The molecule has 0 bridgehead atoms. The van der Waals surface area contributed by atoms with Gasteiger partial charge in [-0.05, 0) is 18.2 Å². The van der Waals surface area contributed by atoms with E-state index < -0.39 is 12.7 Å². The Bertz CT molecular complexity index is 792. The third-order valence-corrected chi connectivity index (χ3v) is 3.01. The largest absolute Gasteiger partial charge is 0.406 e. The number of rotatable bonds is 2. The lowest BCUT2D eigenvalue weighted by Crippen LogP contribution is -2.18. The van der Waals surface area contributed by atoms with Crippen LogP contribution in [0.25, 0.3) is 22.4 Å². The van der Waals surface area contributed by atoms with Crippen molar-refractivity contribution in [2.24, 2.45) is 0 Å². The molecule has 2 heterocycles. The van der Waals surface area contributed by atoms with Crippen molar-refractivity contribution in [1.29, 1.82) is 0 Å².